The average Bonchev–Trinajstić information content (AvgIpc) is 2.60. The summed E-state index contributed by atoms with van der Waals surface area (Å²) >= 11 is 0. The molecular weight excluding hydrogens is 345 g/mol. The van der Waals surface area contributed by atoms with E-state index in [2.05, 4.69) is 53.6 Å². The number of benzene rings is 1. The molecule has 2 rings (SSSR count). The summed E-state index contributed by atoms with van der Waals surface area (Å²) in [5, 5.41) is 6.47. The summed E-state index contributed by atoms with van der Waals surface area (Å²) in [5.41, 5.74) is 1.27. The van der Waals surface area contributed by atoms with Gasteiger partial charge < -0.3 is 10.6 Å². The first-order valence-electron chi connectivity index (χ1n) is 8.56. The van der Waals surface area contributed by atoms with Gasteiger partial charge in [0.1, 0.15) is 0 Å². The highest BCUT2D eigenvalue weighted by molar-refractivity contribution is 5.85. The van der Waals surface area contributed by atoms with E-state index in [1.165, 1.54) is 12.0 Å². The van der Waals surface area contributed by atoms with Crippen molar-refractivity contribution in [3.8, 4) is 0 Å². The fourth-order valence-corrected chi connectivity index (χ4v) is 3.19. The Hall–Kier alpha value is -0.810. The zero-order valence-electron chi connectivity index (χ0n) is 14.7. The van der Waals surface area contributed by atoms with Gasteiger partial charge in [-0.2, -0.15) is 0 Å². The van der Waals surface area contributed by atoms with E-state index in [4.69, 9.17) is 0 Å². The molecule has 0 aliphatic carbocycles. The molecule has 2 unspecified atom stereocenters. The lowest BCUT2D eigenvalue weighted by molar-refractivity contribution is -0.123. The molecule has 1 aromatic carbocycles. The number of amides is 1. The standard InChI is InChI=1S/C18H29N3O.2ClH/c1-3-21(4-2)17(15-10-6-5-7-11-15)14-20-18(22)16-12-8-9-13-19-16;;/h5-7,10-11,16-17,19H,3-4,8-9,12-14H2,1-2H3,(H,20,22);2*1H. The lowest BCUT2D eigenvalue weighted by atomic mass is 10.0. The van der Waals surface area contributed by atoms with E-state index in [1.807, 2.05) is 6.07 Å². The number of hydrogen-bond donors (Lipinski definition) is 2. The van der Waals surface area contributed by atoms with Crippen LogP contribution in [-0.2, 0) is 4.79 Å². The molecule has 0 bridgehead atoms. The molecular formula is C18H31Cl2N3O. The van der Waals surface area contributed by atoms with E-state index in [-0.39, 0.29) is 42.8 Å². The minimum Gasteiger partial charge on any atom is -0.353 e. The van der Waals surface area contributed by atoms with Crippen molar-refractivity contribution in [2.45, 2.75) is 45.2 Å². The van der Waals surface area contributed by atoms with Crippen LogP contribution in [0.25, 0.3) is 0 Å². The van der Waals surface area contributed by atoms with Gasteiger partial charge in [0.15, 0.2) is 0 Å². The second-order valence-corrected chi connectivity index (χ2v) is 5.90. The van der Waals surface area contributed by atoms with Gasteiger partial charge in [-0.05, 0) is 38.0 Å². The fourth-order valence-electron chi connectivity index (χ4n) is 3.19. The SMILES string of the molecule is CCN(CC)C(CNC(=O)C1CCCCN1)c1ccccc1.Cl.Cl. The monoisotopic (exact) mass is 375 g/mol. The Balaban J connectivity index is 0.00000264. The lowest BCUT2D eigenvalue weighted by Crippen LogP contribution is -2.48. The maximum Gasteiger partial charge on any atom is 0.237 e. The van der Waals surface area contributed by atoms with Crippen LogP contribution < -0.4 is 10.6 Å². The van der Waals surface area contributed by atoms with Gasteiger partial charge >= 0.3 is 0 Å². The Morgan fingerprint density at radius 2 is 1.88 bits per heavy atom. The molecule has 2 N–H and O–H groups in total. The number of hydrogen-bond acceptors (Lipinski definition) is 3. The highest BCUT2D eigenvalue weighted by Crippen LogP contribution is 2.19. The highest BCUT2D eigenvalue weighted by Gasteiger charge is 2.23. The maximum atomic E-state index is 12.3. The van der Waals surface area contributed by atoms with Gasteiger partial charge in [0.25, 0.3) is 0 Å². The molecule has 138 valence electrons. The predicted octanol–water partition coefficient (Wildman–Crippen LogP) is 3.17. The quantitative estimate of drug-likeness (QED) is 0.768. The number of nitrogens with zero attached hydrogens (tertiary/aromatic N) is 1. The van der Waals surface area contributed by atoms with Gasteiger partial charge in [-0.1, -0.05) is 50.6 Å². The Labute approximate surface area is 158 Å². The Morgan fingerprint density at radius 3 is 2.42 bits per heavy atom. The van der Waals surface area contributed by atoms with Gasteiger partial charge in [-0.3, -0.25) is 9.69 Å². The molecule has 1 heterocycles. The van der Waals surface area contributed by atoms with Crippen molar-refractivity contribution in [2.24, 2.45) is 0 Å². The van der Waals surface area contributed by atoms with Crippen LogP contribution in [0.15, 0.2) is 30.3 Å². The molecule has 2 atom stereocenters. The van der Waals surface area contributed by atoms with Gasteiger partial charge in [-0.25, -0.2) is 0 Å². The highest BCUT2D eigenvalue weighted by atomic mass is 35.5. The van der Waals surface area contributed by atoms with Gasteiger partial charge in [-0.15, -0.1) is 24.8 Å². The van der Waals surface area contributed by atoms with Crippen LogP contribution in [0.3, 0.4) is 0 Å². The van der Waals surface area contributed by atoms with Crippen LogP contribution in [0.1, 0.15) is 44.7 Å². The first kappa shape index (κ1) is 23.2. The molecule has 1 aliphatic rings. The van der Waals surface area contributed by atoms with Crippen molar-refractivity contribution in [1.82, 2.24) is 15.5 Å². The zero-order valence-corrected chi connectivity index (χ0v) is 16.3. The summed E-state index contributed by atoms with van der Waals surface area (Å²) in [5.74, 6) is 0.146. The molecule has 1 amide bonds. The van der Waals surface area contributed by atoms with Crippen molar-refractivity contribution < 1.29 is 4.79 Å². The van der Waals surface area contributed by atoms with Crippen LogP contribution in [0.4, 0.5) is 0 Å². The van der Waals surface area contributed by atoms with Crippen LogP contribution >= 0.6 is 24.8 Å². The van der Waals surface area contributed by atoms with Crippen molar-refractivity contribution in [1.29, 1.82) is 0 Å². The van der Waals surface area contributed by atoms with E-state index < -0.39 is 0 Å². The third-order valence-electron chi connectivity index (χ3n) is 4.53. The normalized spacial score (nSPS) is 18.2. The van der Waals surface area contributed by atoms with E-state index in [0.717, 1.165) is 32.5 Å². The van der Waals surface area contributed by atoms with Crippen LogP contribution in [-0.4, -0.2) is 43.0 Å². The number of carbonyl (C=O) groups is 1. The number of rotatable bonds is 7. The third-order valence-corrected chi connectivity index (χ3v) is 4.53. The lowest BCUT2D eigenvalue weighted by Gasteiger charge is -2.31. The fraction of sp³-hybridized carbons (Fsp3) is 0.611. The molecule has 1 saturated heterocycles. The summed E-state index contributed by atoms with van der Waals surface area (Å²) in [6.45, 7) is 7.92. The number of carbonyl (C=O) groups excluding carboxylic acids is 1. The summed E-state index contributed by atoms with van der Waals surface area (Å²) in [7, 11) is 0. The van der Waals surface area contributed by atoms with Gasteiger partial charge in [0.05, 0.1) is 12.1 Å². The van der Waals surface area contributed by atoms with Crippen molar-refractivity contribution in [2.75, 3.05) is 26.2 Å². The smallest absolute Gasteiger partial charge is 0.237 e. The van der Waals surface area contributed by atoms with E-state index in [9.17, 15) is 4.79 Å². The molecule has 0 radical (unpaired) electrons. The van der Waals surface area contributed by atoms with Crippen LogP contribution in [0.5, 0.6) is 0 Å². The third kappa shape index (κ3) is 6.60. The average molecular weight is 376 g/mol. The molecule has 6 heteroatoms. The minimum absolute atomic E-state index is 0. The van der Waals surface area contributed by atoms with Gasteiger partial charge in [0, 0.05) is 6.54 Å². The van der Waals surface area contributed by atoms with Crippen LogP contribution in [0, 0.1) is 0 Å². The maximum absolute atomic E-state index is 12.3. The summed E-state index contributed by atoms with van der Waals surface area (Å²) in [6.07, 6.45) is 3.27. The number of likely N-dealkylation sites (N-methyl/N-ethyl adjacent to an activating group) is 1. The molecule has 24 heavy (non-hydrogen) atoms. The second-order valence-electron chi connectivity index (χ2n) is 5.90. The van der Waals surface area contributed by atoms with E-state index in [1.54, 1.807) is 0 Å². The molecule has 0 spiro atoms. The number of halogens is 2. The topological polar surface area (TPSA) is 44.4 Å². The van der Waals surface area contributed by atoms with E-state index >= 15 is 0 Å². The number of piperidine rings is 1. The predicted molar refractivity (Wildman–Crippen MR) is 105 cm³/mol. The molecule has 0 aromatic heterocycles. The molecule has 0 saturated carbocycles. The largest absolute Gasteiger partial charge is 0.353 e. The second kappa shape index (κ2) is 12.5. The van der Waals surface area contributed by atoms with Crippen molar-refractivity contribution in [3.63, 3.8) is 0 Å². The molecule has 1 aliphatic heterocycles. The van der Waals surface area contributed by atoms with Crippen LogP contribution in [0.2, 0.25) is 0 Å². The van der Waals surface area contributed by atoms with Crippen molar-refractivity contribution >= 4 is 30.7 Å². The Morgan fingerprint density at radius 1 is 1.21 bits per heavy atom. The first-order chi connectivity index (χ1) is 10.8. The van der Waals surface area contributed by atoms with Crippen molar-refractivity contribution in [3.05, 3.63) is 35.9 Å². The Bertz CT molecular complexity index is 449. The molecule has 1 aromatic rings. The minimum atomic E-state index is -0.0122. The zero-order chi connectivity index (χ0) is 15.8. The molecule has 4 nitrogen and oxygen atoms in total. The van der Waals surface area contributed by atoms with Gasteiger partial charge in [0.2, 0.25) is 5.91 Å². The summed E-state index contributed by atoms with van der Waals surface area (Å²) in [4.78, 5) is 14.7. The van der Waals surface area contributed by atoms with E-state index in [0.29, 0.717) is 6.54 Å². The number of nitrogens with one attached hydrogen (secondary N) is 2. The summed E-state index contributed by atoms with van der Waals surface area (Å²) in [6, 6.07) is 10.7. The molecule has 1 fully saturated rings. The Kier molecular flexibility index (Phi) is 12.1. The first-order valence-corrected chi connectivity index (χ1v) is 8.56. The summed E-state index contributed by atoms with van der Waals surface area (Å²) < 4.78 is 0.